The van der Waals surface area contributed by atoms with Crippen molar-refractivity contribution >= 4 is 33.9 Å². The van der Waals surface area contributed by atoms with Gasteiger partial charge in [0, 0.05) is 5.69 Å². The summed E-state index contributed by atoms with van der Waals surface area (Å²) in [5.41, 5.74) is 2.29. The molecule has 0 radical (unpaired) electrons. The van der Waals surface area contributed by atoms with Gasteiger partial charge < -0.3 is 5.32 Å². The lowest BCUT2D eigenvalue weighted by molar-refractivity contribution is 1.02. The minimum atomic E-state index is 0.838. The molecule has 0 spiro atoms. The number of rotatable bonds is 3. The van der Waals surface area contributed by atoms with Crippen molar-refractivity contribution < 1.29 is 0 Å². The largest absolute Gasteiger partial charge is 0.330 e. The van der Waals surface area contributed by atoms with Gasteiger partial charge in [-0.2, -0.15) is 0 Å². The monoisotopic (exact) mass is 237 g/mol. The molecule has 0 saturated carbocycles. The molecular formula is C10H11N3S2. The number of anilines is 2. The number of hydrogen-bond donors (Lipinski definition) is 1. The molecule has 2 rings (SSSR count). The van der Waals surface area contributed by atoms with Crippen LogP contribution < -0.4 is 5.32 Å². The van der Waals surface area contributed by atoms with Crippen LogP contribution >= 0.6 is 23.1 Å². The lowest BCUT2D eigenvalue weighted by atomic mass is 10.2. The lowest BCUT2D eigenvalue weighted by Crippen LogP contribution is -1.89. The maximum absolute atomic E-state index is 4.05. The van der Waals surface area contributed by atoms with Gasteiger partial charge in [-0.15, -0.1) is 10.2 Å². The van der Waals surface area contributed by atoms with Gasteiger partial charge >= 0.3 is 0 Å². The lowest BCUT2D eigenvalue weighted by Gasteiger charge is -2.01. The fourth-order valence-corrected chi connectivity index (χ4v) is 2.38. The fourth-order valence-electron chi connectivity index (χ4n) is 1.19. The van der Waals surface area contributed by atoms with Gasteiger partial charge in [-0.1, -0.05) is 35.2 Å². The van der Waals surface area contributed by atoms with E-state index in [0.717, 1.165) is 15.2 Å². The van der Waals surface area contributed by atoms with Crippen LogP contribution in [0.1, 0.15) is 5.56 Å². The average Bonchev–Trinajstić information content (AvgIpc) is 2.65. The van der Waals surface area contributed by atoms with Gasteiger partial charge in [0.05, 0.1) is 0 Å². The molecule has 0 aliphatic rings. The van der Waals surface area contributed by atoms with E-state index in [1.807, 2.05) is 18.4 Å². The molecule has 15 heavy (non-hydrogen) atoms. The van der Waals surface area contributed by atoms with E-state index >= 15 is 0 Å². The van der Waals surface area contributed by atoms with Crippen molar-refractivity contribution in [2.75, 3.05) is 11.6 Å². The molecule has 0 atom stereocenters. The van der Waals surface area contributed by atoms with Crippen molar-refractivity contribution in [3.63, 3.8) is 0 Å². The van der Waals surface area contributed by atoms with Crippen LogP contribution in [0.4, 0.5) is 10.8 Å². The van der Waals surface area contributed by atoms with Gasteiger partial charge in [-0.05, 0) is 30.9 Å². The number of aryl methyl sites for hydroxylation is 1. The van der Waals surface area contributed by atoms with Crippen LogP contribution in [0, 0.1) is 6.92 Å². The summed E-state index contributed by atoms with van der Waals surface area (Å²) in [6.45, 7) is 2.07. The Morgan fingerprint density at radius 3 is 2.87 bits per heavy atom. The normalized spacial score (nSPS) is 10.3. The predicted octanol–water partition coefficient (Wildman–Crippen LogP) is 3.31. The van der Waals surface area contributed by atoms with Gasteiger partial charge in [0.25, 0.3) is 0 Å². The Kier molecular flexibility index (Phi) is 3.23. The number of thioether (sulfide) groups is 1. The molecule has 1 aromatic carbocycles. The summed E-state index contributed by atoms with van der Waals surface area (Å²) >= 11 is 3.17. The number of hydrogen-bond acceptors (Lipinski definition) is 5. The molecule has 5 heteroatoms. The maximum atomic E-state index is 4.05. The Morgan fingerprint density at radius 1 is 1.33 bits per heavy atom. The predicted molar refractivity (Wildman–Crippen MR) is 66.2 cm³/mol. The summed E-state index contributed by atoms with van der Waals surface area (Å²) in [4.78, 5) is 0. The van der Waals surface area contributed by atoms with E-state index in [1.54, 1.807) is 23.1 Å². The summed E-state index contributed by atoms with van der Waals surface area (Å²) in [5.74, 6) is 0. The van der Waals surface area contributed by atoms with Crippen LogP contribution in [0.25, 0.3) is 0 Å². The molecule has 2 aromatic rings. The van der Waals surface area contributed by atoms with E-state index in [1.165, 1.54) is 5.56 Å². The average molecular weight is 237 g/mol. The van der Waals surface area contributed by atoms with Crippen molar-refractivity contribution in [3.05, 3.63) is 29.8 Å². The topological polar surface area (TPSA) is 37.8 Å². The van der Waals surface area contributed by atoms with Gasteiger partial charge in [0.2, 0.25) is 5.13 Å². The van der Waals surface area contributed by atoms with Gasteiger partial charge in [-0.25, -0.2) is 0 Å². The second-order valence-electron chi connectivity index (χ2n) is 3.07. The summed E-state index contributed by atoms with van der Waals surface area (Å²) in [6, 6.07) is 8.19. The van der Waals surface area contributed by atoms with Crippen LogP contribution in [-0.4, -0.2) is 16.5 Å². The van der Waals surface area contributed by atoms with Crippen LogP contribution in [0.15, 0.2) is 28.6 Å². The van der Waals surface area contributed by atoms with Crippen LogP contribution in [0.3, 0.4) is 0 Å². The Labute approximate surface area is 96.9 Å². The summed E-state index contributed by atoms with van der Waals surface area (Å²) < 4.78 is 0.977. The Bertz CT molecular complexity index is 453. The zero-order valence-electron chi connectivity index (χ0n) is 8.52. The van der Waals surface area contributed by atoms with E-state index in [0.29, 0.717) is 0 Å². The molecule has 0 amide bonds. The Hall–Kier alpha value is -1.07. The smallest absolute Gasteiger partial charge is 0.210 e. The minimum Gasteiger partial charge on any atom is -0.330 e. The third-order valence-electron chi connectivity index (χ3n) is 1.85. The second-order valence-corrected chi connectivity index (χ2v) is 5.10. The fraction of sp³-hybridized carbons (Fsp3) is 0.200. The van der Waals surface area contributed by atoms with Crippen molar-refractivity contribution in [1.29, 1.82) is 0 Å². The SMILES string of the molecule is CSc1nnc(Nc2cccc(C)c2)s1. The molecule has 1 heterocycles. The maximum Gasteiger partial charge on any atom is 0.210 e. The zero-order chi connectivity index (χ0) is 10.7. The molecule has 0 bridgehead atoms. The van der Waals surface area contributed by atoms with E-state index in [-0.39, 0.29) is 0 Å². The van der Waals surface area contributed by atoms with E-state index in [2.05, 4.69) is 34.6 Å². The van der Waals surface area contributed by atoms with Crippen molar-refractivity contribution in [1.82, 2.24) is 10.2 Å². The third-order valence-corrected chi connectivity index (χ3v) is 3.66. The molecule has 0 fully saturated rings. The molecular weight excluding hydrogens is 226 g/mol. The minimum absolute atomic E-state index is 0.838. The van der Waals surface area contributed by atoms with E-state index in [4.69, 9.17) is 0 Å². The molecule has 1 aromatic heterocycles. The molecule has 0 unspecified atom stereocenters. The Morgan fingerprint density at radius 2 is 2.20 bits per heavy atom. The van der Waals surface area contributed by atoms with Crippen molar-refractivity contribution in [2.24, 2.45) is 0 Å². The van der Waals surface area contributed by atoms with E-state index in [9.17, 15) is 0 Å². The van der Waals surface area contributed by atoms with Crippen molar-refractivity contribution in [3.8, 4) is 0 Å². The summed E-state index contributed by atoms with van der Waals surface area (Å²) in [7, 11) is 0. The molecule has 0 aliphatic carbocycles. The number of aromatic nitrogens is 2. The van der Waals surface area contributed by atoms with Crippen molar-refractivity contribution in [2.45, 2.75) is 11.3 Å². The quantitative estimate of drug-likeness (QED) is 0.831. The number of benzene rings is 1. The second kappa shape index (κ2) is 4.63. The van der Waals surface area contributed by atoms with Crippen LogP contribution in [0.5, 0.6) is 0 Å². The highest BCUT2D eigenvalue weighted by Gasteiger charge is 2.02. The molecule has 1 N–H and O–H groups in total. The van der Waals surface area contributed by atoms with Crippen LogP contribution in [-0.2, 0) is 0 Å². The highest BCUT2D eigenvalue weighted by atomic mass is 32.2. The third kappa shape index (κ3) is 2.70. The van der Waals surface area contributed by atoms with E-state index < -0.39 is 0 Å². The zero-order valence-corrected chi connectivity index (χ0v) is 10.2. The van der Waals surface area contributed by atoms with Gasteiger partial charge in [0.15, 0.2) is 4.34 Å². The summed E-state index contributed by atoms with van der Waals surface area (Å²) in [6.07, 6.45) is 2.00. The summed E-state index contributed by atoms with van der Waals surface area (Å²) in [5, 5.41) is 12.1. The Balaban J connectivity index is 2.14. The number of nitrogens with zero attached hydrogens (tertiary/aromatic N) is 2. The molecule has 3 nitrogen and oxygen atoms in total. The van der Waals surface area contributed by atoms with Crippen LogP contribution in [0.2, 0.25) is 0 Å². The number of nitrogens with one attached hydrogen (secondary N) is 1. The standard InChI is InChI=1S/C10H11N3S2/c1-7-4-3-5-8(6-7)11-9-12-13-10(14-2)15-9/h3-6H,1-2H3,(H,11,12). The first-order valence-corrected chi connectivity index (χ1v) is 6.53. The first kappa shape index (κ1) is 10.4. The molecule has 78 valence electrons. The van der Waals surface area contributed by atoms with Gasteiger partial charge in [0.1, 0.15) is 0 Å². The first-order chi connectivity index (χ1) is 7.28. The first-order valence-electron chi connectivity index (χ1n) is 4.49. The molecule has 0 aliphatic heterocycles. The molecule has 0 saturated heterocycles. The van der Waals surface area contributed by atoms with Gasteiger partial charge in [-0.3, -0.25) is 0 Å². The highest BCUT2D eigenvalue weighted by molar-refractivity contribution is 8.00. The highest BCUT2D eigenvalue weighted by Crippen LogP contribution is 2.25.